The molecule has 3 aliphatic rings. The fourth-order valence-electron chi connectivity index (χ4n) is 4.39. The van der Waals surface area contributed by atoms with Crippen LogP contribution in [0.2, 0.25) is 5.02 Å². The van der Waals surface area contributed by atoms with Crippen molar-refractivity contribution >= 4 is 23.2 Å². The third-order valence-corrected chi connectivity index (χ3v) is 5.98. The van der Waals surface area contributed by atoms with Gasteiger partial charge < -0.3 is 9.80 Å². The molecule has 24 heavy (non-hydrogen) atoms. The van der Waals surface area contributed by atoms with Gasteiger partial charge in [-0.2, -0.15) is 0 Å². The highest BCUT2D eigenvalue weighted by Gasteiger charge is 2.33. The Bertz CT molecular complexity index is 615. The molecule has 0 radical (unpaired) electrons. The van der Waals surface area contributed by atoms with E-state index >= 15 is 0 Å². The number of carbonyl (C=O) groups is 1. The topological polar surface area (TPSA) is 26.8 Å². The van der Waals surface area contributed by atoms with E-state index in [1.165, 1.54) is 31.2 Å². The van der Waals surface area contributed by atoms with E-state index in [0.717, 1.165) is 45.0 Å². The smallest absolute Gasteiger partial charge is 0.228 e. The lowest BCUT2D eigenvalue weighted by Crippen LogP contribution is -2.41. The molecule has 0 aliphatic carbocycles. The zero-order chi connectivity index (χ0) is 16.5. The first-order valence-electron chi connectivity index (χ1n) is 9.26. The van der Waals surface area contributed by atoms with E-state index in [9.17, 15) is 4.79 Å². The van der Waals surface area contributed by atoms with Gasteiger partial charge in [-0.25, -0.2) is 0 Å². The van der Waals surface area contributed by atoms with Crippen LogP contribution >= 0.6 is 11.6 Å². The normalized spacial score (nSPS) is 24.7. The summed E-state index contributed by atoms with van der Waals surface area (Å²) in [6.07, 6.45) is 5.58. The Hall–Kier alpha value is -1.10. The Morgan fingerprint density at radius 3 is 2.83 bits per heavy atom. The van der Waals surface area contributed by atoms with E-state index in [2.05, 4.69) is 15.9 Å². The summed E-state index contributed by atoms with van der Waals surface area (Å²) in [5.74, 6) is 0.249. The number of likely N-dealkylation sites (tertiary alicyclic amines) is 1. The number of amides is 1. The Labute approximate surface area is 149 Å². The average molecular weight is 348 g/mol. The molecule has 1 aromatic rings. The van der Waals surface area contributed by atoms with Crippen LogP contribution in [0.25, 0.3) is 0 Å². The number of rotatable bonds is 3. The lowest BCUT2D eigenvalue weighted by Gasteiger charge is -2.27. The number of fused-ring (bicyclic) bond motifs is 2. The van der Waals surface area contributed by atoms with Crippen molar-refractivity contribution in [2.75, 3.05) is 37.6 Å². The molecule has 5 heteroatoms. The van der Waals surface area contributed by atoms with Crippen molar-refractivity contribution in [1.82, 2.24) is 9.80 Å². The van der Waals surface area contributed by atoms with Crippen molar-refractivity contribution in [1.29, 1.82) is 0 Å². The molecule has 1 aromatic carbocycles. The van der Waals surface area contributed by atoms with E-state index in [-0.39, 0.29) is 5.91 Å². The van der Waals surface area contributed by atoms with Crippen molar-refractivity contribution in [3.8, 4) is 0 Å². The van der Waals surface area contributed by atoms with Crippen molar-refractivity contribution in [3.63, 3.8) is 0 Å². The molecule has 2 saturated heterocycles. The van der Waals surface area contributed by atoms with Gasteiger partial charge in [-0.05, 0) is 63.0 Å². The molecular weight excluding hydrogens is 322 g/mol. The Balaban J connectivity index is 1.55. The maximum Gasteiger partial charge on any atom is 0.228 e. The quantitative estimate of drug-likeness (QED) is 0.840. The molecule has 0 N–H and O–H groups in total. The fourth-order valence-corrected chi connectivity index (χ4v) is 4.56. The fraction of sp³-hybridized carbons (Fsp3) is 0.632. The lowest BCUT2D eigenvalue weighted by molar-refractivity contribution is -0.119. The van der Waals surface area contributed by atoms with E-state index in [0.29, 0.717) is 17.5 Å². The van der Waals surface area contributed by atoms with Gasteiger partial charge in [-0.3, -0.25) is 9.69 Å². The highest BCUT2D eigenvalue weighted by atomic mass is 35.5. The summed E-state index contributed by atoms with van der Waals surface area (Å²) in [6.45, 7) is 6.07. The molecule has 1 unspecified atom stereocenters. The molecule has 4 nitrogen and oxygen atoms in total. The minimum absolute atomic E-state index is 0.249. The molecule has 0 aromatic heterocycles. The second-order valence-electron chi connectivity index (χ2n) is 7.34. The van der Waals surface area contributed by atoms with Gasteiger partial charge in [-0.15, -0.1) is 0 Å². The van der Waals surface area contributed by atoms with Gasteiger partial charge in [0, 0.05) is 42.8 Å². The molecule has 0 spiro atoms. The largest absolute Gasteiger partial charge is 0.310 e. The monoisotopic (exact) mass is 347 g/mol. The molecule has 130 valence electrons. The van der Waals surface area contributed by atoms with Crippen LogP contribution in [0.15, 0.2) is 18.2 Å². The Kier molecular flexibility index (Phi) is 4.79. The molecule has 0 bridgehead atoms. The number of anilines is 1. The van der Waals surface area contributed by atoms with Crippen LogP contribution in [0, 0.1) is 0 Å². The predicted molar refractivity (Wildman–Crippen MR) is 97.5 cm³/mol. The number of carbonyl (C=O) groups excluding carboxylic acids is 1. The molecule has 1 amide bonds. The van der Waals surface area contributed by atoms with Gasteiger partial charge in [0.2, 0.25) is 5.91 Å². The van der Waals surface area contributed by atoms with Crippen LogP contribution < -0.4 is 4.90 Å². The van der Waals surface area contributed by atoms with Gasteiger partial charge in [0.1, 0.15) is 0 Å². The van der Waals surface area contributed by atoms with Crippen LogP contribution in [0.5, 0.6) is 0 Å². The summed E-state index contributed by atoms with van der Waals surface area (Å²) in [7, 11) is 0. The minimum Gasteiger partial charge on any atom is -0.310 e. The van der Waals surface area contributed by atoms with Crippen molar-refractivity contribution in [2.45, 2.75) is 44.7 Å². The van der Waals surface area contributed by atoms with Gasteiger partial charge in [0.25, 0.3) is 0 Å². The van der Waals surface area contributed by atoms with E-state index in [4.69, 9.17) is 11.6 Å². The first-order chi connectivity index (χ1) is 11.7. The predicted octanol–water partition coefficient (Wildman–Crippen LogP) is 3.14. The first kappa shape index (κ1) is 16.4. The summed E-state index contributed by atoms with van der Waals surface area (Å²) < 4.78 is 0. The summed E-state index contributed by atoms with van der Waals surface area (Å²) >= 11 is 6.24. The second-order valence-corrected chi connectivity index (χ2v) is 7.78. The van der Waals surface area contributed by atoms with Gasteiger partial charge in [-0.1, -0.05) is 17.7 Å². The van der Waals surface area contributed by atoms with Crippen LogP contribution in [-0.2, 0) is 11.3 Å². The number of hydrogen-bond acceptors (Lipinski definition) is 3. The second kappa shape index (κ2) is 7.03. The summed E-state index contributed by atoms with van der Waals surface area (Å²) in [6, 6.07) is 6.52. The molecular formula is C19H26ClN3O. The number of hydrogen-bond donors (Lipinski definition) is 0. The van der Waals surface area contributed by atoms with Crippen LogP contribution in [0.4, 0.5) is 5.69 Å². The van der Waals surface area contributed by atoms with Crippen molar-refractivity contribution in [2.24, 2.45) is 0 Å². The standard InChI is InChI=1S/C19H26ClN3O/c20-16-6-5-15-13-22-10-3-4-17(22)14-23(18(15)12-16)19(24)7-11-21-8-1-2-9-21/h5-6,12,17H,1-4,7-11,13-14H2. The number of benzene rings is 1. The molecule has 2 fully saturated rings. The SMILES string of the molecule is O=C(CCN1CCCC1)N1CC2CCCN2Cc2ccc(Cl)cc21. The summed E-state index contributed by atoms with van der Waals surface area (Å²) in [4.78, 5) is 20.0. The van der Waals surface area contributed by atoms with Crippen molar-refractivity contribution < 1.29 is 4.79 Å². The first-order valence-corrected chi connectivity index (χ1v) is 9.64. The van der Waals surface area contributed by atoms with E-state index in [1.807, 2.05) is 17.0 Å². The third-order valence-electron chi connectivity index (χ3n) is 5.75. The van der Waals surface area contributed by atoms with Gasteiger partial charge in [0.15, 0.2) is 0 Å². The molecule has 1 atom stereocenters. The zero-order valence-electron chi connectivity index (χ0n) is 14.2. The molecule has 0 saturated carbocycles. The maximum atomic E-state index is 13.0. The third kappa shape index (κ3) is 3.32. The lowest BCUT2D eigenvalue weighted by atomic mass is 10.1. The average Bonchev–Trinajstić information content (AvgIpc) is 3.22. The number of halogens is 1. The summed E-state index contributed by atoms with van der Waals surface area (Å²) in [5, 5.41) is 0.716. The molecule has 3 aliphatic heterocycles. The highest BCUT2D eigenvalue weighted by molar-refractivity contribution is 6.31. The zero-order valence-corrected chi connectivity index (χ0v) is 15.0. The minimum atomic E-state index is 0.249. The number of nitrogens with zero attached hydrogens (tertiary/aromatic N) is 3. The van der Waals surface area contributed by atoms with Crippen LogP contribution in [0.1, 0.15) is 37.7 Å². The van der Waals surface area contributed by atoms with Gasteiger partial charge in [0.05, 0.1) is 0 Å². The highest BCUT2D eigenvalue weighted by Crippen LogP contribution is 2.33. The van der Waals surface area contributed by atoms with Crippen LogP contribution in [-0.4, -0.2) is 54.5 Å². The Morgan fingerprint density at radius 1 is 1.17 bits per heavy atom. The van der Waals surface area contributed by atoms with E-state index < -0.39 is 0 Å². The molecule has 3 heterocycles. The summed E-state index contributed by atoms with van der Waals surface area (Å²) in [5.41, 5.74) is 2.27. The molecule has 4 rings (SSSR count). The van der Waals surface area contributed by atoms with Gasteiger partial charge >= 0.3 is 0 Å². The maximum absolute atomic E-state index is 13.0. The van der Waals surface area contributed by atoms with Crippen LogP contribution in [0.3, 0.4) is 0 Å². The van der Waals surface area contributed by atoms with E-state index in [1.54, 1.807) is 0 Å². The van der Waals surface area contributed by atoms with Crippen molar-refractivity contribution in [3.05, 3.63) is 28.8 Å². The Morgan fingerprint density at radius 2 is 2.00 bits per heavy atom.